The summed E-state index contributed by atoms with van der Waals surface area (Å²) in [6.45, 7) is 5.52. The molecule has 0 bridgehead atoms. The third-order valence-electron chi connectivity index (χ3n) is 4.00. The second-order valence-electron chi connectivity index (χ2n) is 6.21. The molecule has 1 saturated heterocycles. The number of aromatic nitrogens is 1. The number of piperidine rings is 1. The number of pyridine rings is 1. The average Bonchev–Trinajstić information content (AvgIpc) is 2.60. The van der Waals surface area contributed by atoms with Gasteiger partial charge in [-0.3, -0.25) is 4.79 Å². The molecule has 0 saturated carbocycles. The first-order valence-corrected chi connectivity index (χ1v) is 8.35. The van der Waals surface area contributed by atoms with E-state index in [1.165, 1.54) is 0 Å². The summed E-state index contributed by atoms with van der Waals surface area (Å²) in [6.07, 6.45) is 3.20. The van der Waals surface area contributed by atoms with Crippen molar-refractivity contribution in [2.45, 2.75) is 39.3 Å². The van der Waals surface area contributed by atoms with E-state index in [1.54, 1.807) is 24.2 Å². The first kappa shape index (κ1) is 18.0. The van der Waals surface area contributed by atoms with Crippen LogP contribution in [-0.2, 0) is 11.3 Å². The fourth-order valence-corrected chi connectivity index (χ4v) is 2.67. The maximum Gasteiger partial charge on any atom is 0.317 e. The lowest BCUT2D eigenvalue weighted by Gasteiger charge is -2.31. The second-order valence-corrected chi connectivity index (χ2v) is 6.21. The quantitative estimate of drug-likeness (QED) is 0.855. The van der Waals surface area contributed by atoms with Gasteiger partial charge in [0.25, 0.3) is 0 Å². The van der Waals surface area contributed by atoms with Gasteiger partial charge in [0.1, 0.15) is 0 Å². The molecule has 0 spiro atoms. The van der Waals surface area contributed by atoms with Crippen LogP contribution in [0, 0.1) is 5.92 Å². The zero-order valence-corrected chi connectivity index (χ0v) is 14.5. The zero-order valence-electron chi connectivity index (χ0n) is 14.5. The number of nitrogens with one attached hydrogen (secondary N) is 2. The van der Waals surface area contributed by atoms with E-state index in [1.807, 2.05) is 19.9 Å². The number of amides is 3. The normalized spacial score (nSPS) is 15.2. The molecule has 132 valence electrons. The predicted octanol–water partition coefficient (Wildman–Crippen LogP) is 1.54. The largest absolute Gasteiger partial charge is 0.475 e. The predicted molar refractivity (Wildman–Crippen MR) is 90.6 cm³/mol. The minimum Gasteiger partial charge on any atom is -0.475 e. The number of urea groups is 1. The molecular weight excluding hydrogens is 308 g/mol. The number of carbonyl (C=O) groups excluding carboxylic acids is 2. The van der Waals surface area contributed by atoms with Crippen molar-refractivity contribution in [2.75, 3.05) is 20.1 Å². The molecule has 2 rings (SSSR count). The molecule has 2 N–H and O–H groups in total. The van der Waals surface area contributed by atoms with Gasteiger partial charge in [-0.1, -0.05) is 6.07 Å². The van der Waals surface area contributed by atoms with Gasteiger partial charge in [-0.05, 0) is 32.3 Å². The molecule has 24 heavy (non-hydrogen) atoms. The molecule has 0 atom stereocenters. The van der Waals surface area contributed by atoms with Crippen LogP contribution in [-0.4, -0.2) is 48.1 Å². The molecule has 0 radical (unpaired) electrons. The molecule has 3 amide bonds. The zero-order chi connectivity index (χ0) is 17.5. The highest BCUT2D eigenvalue weighted by molar-refractivity contribution is 5.79. The van der Waals surface area contributed by atoms with Gasteiger partial charge in [-0.2, -0.15) is 0 Å². The summed E-state index contributed by atoms with van der Waals surface area (Å²) in [4.78, 5) is 29.8. The third kappa shape index (κ3) is 5.11. The number of carbonyl (C=O) groups is 2. The molecular formula is C17H26N4O3. The van der Waals surface area contributed by atoms with Crippen LogP contribution in [0.25, 0.3) is 0 Å². The van der Waals surface area contributed by atoms with E-state index in [4.69, 9.17) is 4.74 Å². The van der Waals surface area contributed by atoms with Crippen LogP contribution in [0.2, 0.25) is 0 Å². The molecule has 1 aromatic heterocycles. The van der Waals surface area contributed by atoms with E-state index < -0.39 is 0 Å². The molecule has 0 aromatic carbocycles. The van der Waals surface area contributed by atoms with Crippen molar-refractivity contribution in [1.29, 1.82) is 0 Å². The number of rotatable bonds is 5. The van der Waals surface area contributed by atoms with Gasteiger partial charge in [-0.25, -0.2) is 9.78 Å². The summed E-state index contributed by atoms with van der Waals surface area (Å²) in [5.41, 5.74) is 0.916. The van der Waals surface area contributed by atoms with E-state index in [0.717, 1.165) is 5.56 Å². The summed E-state index contributed by atoms with van der Waals surface area (Å²) < 4.78 is 5.49. The lowest BCUT2D eigenvalue weighted by Crippen LogP contribution is -2.46. The minimum atomic E-state index is -0.104. The Morgan fingerprint density at radius 3 is 2.58 bits per heavy atom. The minimum absolute atomic E-state index is 0.0109. The first-order chi connectivity index (χ1) is 11.5. The molecule has 7 heteroatoms. The molecule has 0 aliphatic carbocycles. The Bertz CT molecular complexity index is 551. The van der Waals surface area contributed by atoms with E-state index in [-0.39, 0.29) is 24.0 Å². The van der Waals surface area contributed by atoms with E-state index >= 15 is 0 Å². The summed E-state index contributed by atoms with van der Waals surface area (Å²) in [5.74, 6) is 0.651. The highest BCUT2D eigenvalue weighted by Gasteiger charge is 2.26. The van der Waals surface area contributed by atoms with Crippen molar-refractivity contribution < 1.29 is 14.3 Å². The van der Waals surface area contributed by atoms with Crippen molar-refractivity contribution in [3.63, 3.8) is 0 Å². The van der Waals surface area contributed by atoms with E-state index in [0.29, 0.717) is 38.4 Å². The van der Waals surface area contributed by atoms with Gasteiger partial charge in [0, 0.05) is 44.9 Å². The van der Waals surface area contributed by atoms with Crippen LogP contribution >= 0.6 is 0 Å². The molecule has 2 heterocycles. The molecule has 1 fully saturated rings. The average molecular weight is 334 g/mol. The van der Waals surface area contributed by atoms with Gasteiger partial charge in [0.2, 0.25) is 11.8 Å². The molecule has 1 aliphatic heterocycles. The van der Waals surface area contributed by atoms with Crippen molar-refractivity contribution >= 4 is 11.9 Å². The van der Waals surface area contributed by atoms with E-state index in [9.17, 15) is 9.59 Å². The van der Waals surface area contributed by atoms with Crippen LogP contribution < -0.4 is 15.4 Å². The Morgan fingerprint density at radius 1 is 1.33 bits per heavy atom. The lowest BCUT2D eigenvalue weighted by molar-refractivity contribution is -0.125. The fourth-order valence-electron chi connectivity index (χ4n) is 2.67. The van der Waals surface area contributed by atoms with Crippen LogP contribution in [0.5, 0.6) is 5.88 Å². The van der Waals surface area contributed by atoms with Gasteiger partial charge >= 0.3 is 6.03 Å². The highest BCUT2D eigenvalue weighted by atomic mass is 16.5. The van der Waals surface area contributed by atoms with Gasteiger partial charge in [0.15, 0.2) is 0 Å². The number of hydrogen-bond acceptors (Lipinski definition) is 4. The summed E-state index contributed by atoms with van der Waals surface area (Å²) in [5, 5.41) is 5.56. The SMILES string of the molecule is CNC(=O)C1CCN(C(=O)NCc2ccc(OC(C)C)nc2)CC1. The van der Waals surface area contributed by atoms with E-state index in [2.05, 4.69) is 15.6 Å². The highest BCUT2D eigenvalue weighted by Crippen LogP contribution is 2.17. The van der Waals surface area contributed by atoms with Crippen LogP contribution in [0.4, 0.5) is 4.79 Å². The number of hydrogen-bond donors (Lipinski definition) is 2. The second kappa shape index (κ2) is 8.52. The Kier molecular flexibility index (Phi) is 6.40. The van der Waals surface area contributed by atoms with Crippen LogP contribution in [0.1, 0.15) is 32.3 Å². The molecule has 1 aromatic rings. The van der Waals surface area contributed by atoms with Gasteiger partial charge in [0.05, 0.1) is 6.10 Å². The van der Waals surface area contributed by atoms with Gasteiger partial charge in [-0.15, -0.1) is 0 Å². The fraction of sp³-hybridized carbons (Fsp3) is 0.588. The van der Waals surface area contributed by atoms with Crippen molar-refractivity contribution in [2.24, 2.45) is 5.92 Å². The van der Waals surface area contributed by atoms with Crippen molar-refractivity contribution in [3.05, 3.63) is 23.9 Å². The summed E-state index contributed by atoms with van der Waals surface area (Å²) in [6, 6.07) is 3.59. The van der Waals surface area contributed by atoms with Gasteiger partial charge < -0.3 is 20.3 Å². The lowest BCUT2D eigenvalue weighted by atomic mass is 9.96. The topological polar surface area (TPSA) is 83.6 Å². The standard InChI is InChI=1S/C17H26N4O3/c1-12(2)24-15-5-4-13(10-19-15)11-20-17(23)21-8-6-14(7-9-21)16(22)18-3/h4-5,10,12,14H,6-9,11H2,1-3H3,(H,18,22)(H,20,23). The first-order valence-electron chi connectivity index (χ1n) is 8.35. The van der Waals surface area contributed by atoms with Crippen molar-refractivity contribution in [3.8, 4) is 5.88 Å². The van der Waals surface area contributed by atoms with Crippen LogP contribution in [0.3, 0.4) is 0 Å². The monoisotopic (exact) mass is 334 g/mol. The third-order valence-corrected chi connectivity index (χ3v) is 4.00. The Hall–Kier alpha value is -2.31. The summed E-state index contributed by atoms with van der Waals surface area (Å²) in [7, 11) is 1.65. The molecule has 1 aliphatic rings. The Balaban J connectivity index is 1.76. The Labute approximate surface area is 142 Å². The molecule has 0 unspecified atom stereocenters. The summed E-state index contributed by atoms with van der Waals surface area (Å²) >= 11 is 0. The van der Waals surface area contributed by atoms with Crippen LogP contribution in [0.15, 0.2) is 18.3 Å². The Morgan fingerprint density at radius 2 is 2.04 bits per heavy atom. The maximum absolute atomic E-state index is 12.2. The smallest absolute Gasteiger partial charge is 0.317 e. The number of ether oxygens (including phenoxy) is 1. The van der Waals surface area contributed by atoms with Crippen molar-refractivity contribution in [1.82, 2.24) is 20.5 Å². The number of likely N-dealkylation sites (tertiary alicyclic amines) is 1. The number of nitrogens with zero attached hydrogens (tertiary/aromatic N) is 2. The maximum atomic E-state index is 12.2. The molecule has 7 nitrogen and oxygen atoms in total.